The molecule has 1 fully saturated rings. The minimum atomic E-state index is -1.65. The smallest absolute Gasteiger partial charge is 0.280 e. The fourth-order valence-electron chi connectivity index (χ4n) is 4.59. The topological polar surface area (TPSA) is 168 Å². The van der Waals surface area contributed by atoms with Gasteiger partial charge in [-0.3, -0.25) is 24.5 Å². The molecule has 5 atom stereocenters. The molecule has 1 amide bonds. The van der Waals surface area contributed by atoms with Gasteiger partial charge in [0.25, 0.3) is 14.1 Å². The first kappa shape index (κ1) is 31.1. The highest BCUT2D eigenvalue weighted by atomic mass is 31.2. The molecule has 2 aromatic heterocycles. The summed E-state index contributed by atoms with van der Waals surface area (Å²) in [4.78, 5) is 36.3. The summed E-state index contributed by atoms with van der Waals surface area (Å²) in [6.07, 6.45) is 0.471. The number of fused-ring (bicyclic) bond motifs is 1. The van der Waals surface area contributed by atoms with Crippen molar-refractivity contribution >= 4 is 31.5 Å². The SMILES string of the molecule is CCC1OC(n2cnc3c(=O)[nH]c(NC(=O)C(C)C)nc32)[C@@H](OP(OCCC#N)N(C(C)C)C(C)C)[C@H]1CO. The van der Waals surface area contributed by atoms with Crippen LogP contribution in [0.1, 0.15) is 67.5 Å². The van der Waals surface area contributed by atoms with Gasteiger partial charge in [0, 0.05) is 23.9 Å². The van der Waals surface area contributed by atoms with Crippen LogP contribution in [0.4, 0.5) is 5.95 Å². The average molecular weight is 566 g/mol. The van der Waals surface area contributed by atoms with Crippen LogP contribution in [0.5, 0.6) is 0 Å². The normalized spacial score (nSPS) is 22.3. The van der Waals surface area contributed by atoms with E-state index in [2.05, 4.69) is 31.0 Å². The summed E-state index contributed by atoms with van der Waals surface area (Å²) in [6, 6.07) is 2.25. The van der Waals surface area contributed by atoms with Crippen molar-refractivity contribution in [1.29, 1.82) is 5.26 Å². The minimum Gasteiger partial charge on any atom is -0.396 e. The zero-order valence-electron chi connectivity index (χ0n) is 23.6. The molecule has 0 bridgehead atoms. The molecule has 14 heteroatoms. The number of aromatic amines is 1. The number of aliphatic hydroxyl groups is 1. The number of amides is 1. The molecule has 1 saturated heterocycles. The number of carbonyl (C=O) groups is 1. The lowest BCUT2D eigenvalue weighted by molar-refractivity contribution is -0.118. The number of hydrogen-bond donors (Lipinski definition) is 3. The number of imidazole rings is 1. The van der Waals surface area contributed by atoms with E-state index >= 15 is 0 Å². The first-order valence-corrected chi connectivity index (χ1v) is 14.5. The third kappa shape index (κ3) is 7.01. The van der Waals surface area contributed by atoms with E-state index in [1.165, 1.54) is 6.33 Å². The maximum atomic E-state index is 12.8. The molecule has 2 aromatic rings. The van der Waals surface area contributed by atoms with E-state index in [-0.39, 0.29) is 66.8 Å². The summed E-state index contributed by atoms with van der Waals surface area (Å²) < 4.78 is 22.9. The van der Waals surface area contributed by atoms with E-state index in [1.54, 1.807) is 18.4 Å². The Morgan fingerprint density at radius 2 is 2.03 bits per heavy atom. The summed E-state index contributed by atoms with van der Waals surface area (Å²) in [5, 5.41) is 22.1. The summed E-state index contributed by atoms with van der Waals surface area (Å²) in [6.45, 7) is 13.6. The van der Waals surface area contributed by atoms with Gasteiger partial charge in [0.15, 0.2) is 17.4 Å². The van der Waals surface area contributed by atoms with Gasteiger partial charge in [-0.2, -0.15) is 10.2 Å². The van der Waals surface area contributed by atoms with Gasteiger partial charge in [0.1, 0.15) is 6.10 Å². The Morgan fingerprint density at radius 1 is 1.33 bits per heavy atom. The Hall–Kier alpha value is -2.46. The Labute approximate surface area is 229 Å². The molecule has 0 aliphatic carbocycles. The molecule has 0 spiro atoms. The third-order valence-electron chi connectivity index (χ3n) is 6.45. The zero-order chi connectivity index (χ0) is 28.9. The van der Waals surface area contributed by atoms with Crippen LogP contribution >= 0.6 is 8.53 Å². The lowest BCUT2D eigenvalue weighted by Crippen LogP contribution is -2.37. The maximum Gasteiger partial charge on any atom is 0.280 e. The number of nitrogens with zero attached hydrogens (tertiary/aromatic N) is 5. The van der Waals surface area contributed by atoms with Gasteiger partial charge < -0.3 is 18.9 Å². The van der Waals surface area contributed by atoms with Crippen LogP contribution in [0, 0.1) is 23.2 Å². The van der Waals surface area contributed by atoms with Crippen molar-refractivity contribution in [1.82, 2.24) is 24.2 Å². The first-order valence-electron chi connectivity index (χ1n) is 13.3. The molecule has 3 heterocycles. The zero-order valence-corrected chi connectivity index (χ0v) is 24.5. The second kappa shape index (κ2) is 13.7. The monoisotopic (exact) mass is 565 g/mol. The number of anilines is 1. The number of aromatic nitrogens is 4. The van der Waals surface area contributed by atoms with Gasteiger partial charge >= 0.3 is 0 Å². The van der Waals surface area contributed by atoms with Gasteiger partial charge in [-0.05, 0) is 34.1 Å². The van der Waals surface area contributed by atoms with Crippen molar-refractivity contribution in [3.8, 4) is 6.07 Å². The third-order valence-corrected chi connectivity index (χ3v) is 8.58. The number of carbonyl (C=O) groups excluding carboxylic acids is 1. The fraction of sp³-hybridized carbons (Fsp3) is 0.720. The first-order chi connectivity index (χ1) is 18.5. The van der Waals surface area contributed by atoms with Crippen LogP contribution in [0.3, 0.4) is 0 Å². The van der Waals surface area contributed by atoms with Crippen LogP contribution < -0.4 is 10.9 Å². The highest BCUT2D eigenvalue weighted by Gasteiger charge is 2.48. The largest absolute Gasteiger partial charge is 0.396 e. The molecule has 1 aliphatic heterocycles. The van der Waals surface area contributed by atoms with Gasteiger partial charge in [-0.1, -0.05) is 20.8 Å². The predicted octanol–water partition coefficient (Wildman–Crippen LogP) is 3.29. The summed E-state index contributed by atoms with van der Waals surface area (Å²) in [5.41, 5.74) is -0.213. The highest BCUT2D eigenvalue weighted by molar-refractivity contribution is 7.44. The van der Waals surface area contributed by atoms with E-state index < -0.39 is 32.3 Å². The van der Waals surface area contributed by atoms with Crippen molar-refractivity contribution in [2.24, 2.45) is 11.8 Å². The van der Waals surface area contributed by atoms with Crippen LogP contribution in [-0.4, -0.2) is 72.7 Å². The van der Waals surface area contributed by atoms with E-state index in [4.69, 9.17) is 19.0 Å². The highest BCUT2D eigenvalue weighted by Crippen LogP contribution is 2.52. The van der Waals surface area contributed by atoms with Crippen molar-refractivity contribution in [2.45, 2.75) is 91.8 Å². The molecule has 216 valence electrons. The molecular formula is C25H40N7O6P. The lowest BCUT2D eigenvalue weighted by Gasteiger charge is -2.38. The van der Waals surface area contributed by atoms with Crippen LogP contribution in [-0.2, 0) is 18.6 Å². The van der Waals surface area contributed by atoms with Crippen molar-refractivity contribution in [2.75, 3.05) is 18.5 Å². The van der Waals surface area contributed by atoms with Gasteiger partial charge in [-0.25, -0.2) is 9.65 Å². The summed E-state index contributed by atoms with van der Waals surface area (Å²) in [7, 11) is -1.65. The number of aliphatic hydroxyl groups excluding tert-OH is 1. The lowest BCUT2D eigenvalue weighted by atomic mass is 9.97. The van der Waals surface area contributed by atoms with E-state index in [9.17, 15) is 14.7 Å². The molecule has 3 unspecified atom stereocenters. The Bertz CT molecular complexity index is 1200. The van der Waals surface area contributed by atoms with E-state index in [0.29, 0.717) is 6.42 Å². The Kier molecular flexibility index (Phi) is 11.0. The maximum absolute atomic E-state index is 12.8. The molecule has 0 saturated carbocycles. The molecule has 3 N–H and O–H groups in total. The van der Waals surface area contributed by atoms with Gasteiger partial charge in [0.2, 0.25) is 11.9 Å². The standard InChI is InChI=1S/C25H40N7O6P/c1-8-18-17(12-33)20(38-39(36-11-9-10-26)32(15(4)5)16(6)7)24(37-18)31-13-27-19-21(31)28-25(30-23(19)35)29-22(34)14(2)3/h13-18,20,24,33H,8-9,11-12H2,1-7H3,(H2,28,29,30,34,35)/t17-,18?,20-,24?,39?/m0/s1. The predicted molar refractivity (Wildman–Crippen MR) is 146 cm³/mol. The number of H-pyrrole nitrogens is 1. The van der Waals surface area contributed by atoms with Crippen LogP contribution in [0.2, 0.25) is 0 Å². The van der Waals surface area contributed by atoms with Crippen molar-refractivity contribution in [3.63, 3.8) is 0 Å². The number of ether oxygens (including phenoxy) is 1. The number of nitrogens with one attached hydrogen (secondary N) is 2. The number of rotatable bonds is 13. The van der Waals surface area contributed by atoms with Gasteiger partial charge in [-0.15, -0.1) is 0 Å². The minimum absolute atomic E-state index is 0.00189. The molecule has 0 radical (unpaired) electrons. The molecule has 39 heavy (non-hydrogen) atoms. The molecule has 0 aromatic carbocycles. The quantitative estimate of drug-likeness (QED) is 0.242. The average Bonchev–Trinajstić information content (AvgIpc) is 3.44. The molecule has 3 rings (SSSR count). The second-order valence-electron chi connectivity index (χ2n) is 10.3. The van der Waals surface area contributed by atoms with Crippen molar-refractivity contribution in [3.05, 3.63) is 16.7 Å². The molecule has 13 nitrogen and oxygen atoms in total. The number of hydrogen-bond acceptors (Lipinski definition) is 10. The summed E-state index contributed by atoms with van der Waals surface area (Å²) in [5.74, 6) is -1.00. The summed E-state index contributed by atoms with van der Waals surface area (Å²) >= 11 is 0. The van der Waals surface area contributed by atoms with E-state index in [0.717, 1.165) is 0 Å². The Balaban J connectivity index is 2.06. The van der Waals surface area contributed by atoms with Gasteiger partial charge in [0.05, 0.1) is 38.1 Å². The number of nitriles is 1. The fourth-order valence-corrected chi connectivity index (χ4v) is 6.36. The second-order valence-corrected chi connectivity index (χ2v) is 11.7. The molecule has 1 aliphatic rings. The van der Waals surface area contributed by atoms with E-state index in [1.807, 2.05) is 34.6 Å². The Morgan fingerprint density at radius 3 is 2.59 bits per heavy atom. The van der Waals surface area contributed by atoms with Crippen LogP contribution in [0.15, 0.2) is 11.1 Å². The molecular weight excluding hydrogens is 525 g/mol. The van der Waals surface area contributed by atoms with Crippen molar-refractivity contribution < 1.29 is 23.7 Å². The van der Waals surface area contributed by atoms with Crippen LogP contribution in [0.25, 0.3) is 11.2 Å².